The van der Waals surface area contributed by atoms with Crippen molar-refractivity contribution in [2.24, 2.45) is 0 Å². The van der Waals surface area contributed by atoms with Crippen molar-refractivity contribution in [1.82, 2.24) is 9.80 Å². The highest BCUT2D eigenvalue weighted by atomic mass is 16.3. The van der Waals surface area contributed by atoms with Gasteiger partial charge in [0.1, 0.15) is 0 Å². The summed E-state index contributed by atoms with van der Waals surface area (Å²) in [6.45, 7) is 9.32. The van der Waals surface area contributed by atoms with Crippen LogP contribution in [0.3, 0.4) is 0 Å². The first-order valence-electron chi connectivity index (χ1n) is 9.07. The number of benzene rings is 1. The lowest BCUT2D eigenvalue weighted by atomic mass is 10.1. The summed E-state index contributed by atoms with van der Waals surface area (Å²) in [7, 11) is 0. The van der Waals surface area contributed by atoms with Gasteiger partial charge < -0.3 is 14.9 Å². The number of nitrogens with zero attached hydrogens (tertiary/aromatic N) is 3. The monoisotopic (exact) mass is 331 g/mol. The van der Waals surface area contributed by atoms with Crippen molar-refractivity contribution in [3.63, 3.8) is 0 Å². The van der Waals surface area contributed by atoms with E-state index < -0.39 is 0 Å². The van der Waals surface area contributed by atoms with Crippen LogP contribution >= 0.6 is 0 Å². The number of hydrogen-bond acceptors (Lipinski definition) is 4. The molecular formula is C19H29N3O2. The van der Waals surface area contributed by atoms with Gasteiger partial charge in [-0.25, -0.2) is 0 Å². The molecule has 132 valence electrons. The van der Waals surface area contributed by atoms with Crippen molar-refractivity contribution < 1.29 is 9.90 Å². The van der Waals surface area contributed by atoms with Gasteiger partial charge in [-0.1, -0.05) is 18.2 Å². The molecule has 0 bridgehead atoms. The molecule has 24 heavy (non-hydrogen) atoms. The highest BCUT2D eigenvalue weighted by Gasteiger charge is 2.27. The van der Waals surface area contributed by atoms with E-state index in [1.54, 1.807) is 0 Å². The minimum atomic E-state index is -0.282. The number of aliphatic hydroxyl groups is 1. The second kappa shape index (κ2) is 7.64. The van der Waals surface area contributed by atoms with Crippen molar-refractivity contribution >= 4 is 11.6 Å². The van der Waals surface area contributed by atoms with Crippen LogP contribution in [-0.2, 0) is 11.2 Å². The first kappa shape index (κ1) is 17.4. The van der Waals surface area contributed by atoms with Crippen LogP contribution in [-0.4, -0.2) is 72.2 Å². The molecule has 0 aromatic heterocycles. The molecule has 1 aromatic carbocycles. The molecule has 1 N–H and O–H groups in total. The molecule has 0 spiro atoms. The molecule has 5 nitrogen and oxygen atoms in total. The van der Waals surface area contributed by atoms with Crippen molar-refractivity contribution in [1.29, 1.82) is 0 Å². The fourth-order valence-corrected chi connectivity index (χ4v) is 3.87. The predicted octanol–water partition coefficient (Wildman–Crippen LogP) is 1.35. The number of aliphatic hydroxyl groups excluding tert-OH is 1. The molecule has 0 radical (unpaired) electrons. The number of carbonyl (C=O) groups excluding carboxylic acids is 1. The molecular weight excluding hydrogens is 302 g/mol. The smallest absolute Gasteiger partial charge is 0.228 e. The maximum atomic E-state index is 12.6. The number of anilines is 1. The number of amides is 1. The summed E-state index contributed by atoms with van der Waals surface area (Å²) in [5.41, 5.74) is 2.38. The molecule has 3 rings (SSSR count). The second-order valence-electron chi connectivity index (χ2n) is 7.17. The number of carbonyl (C=O) groups is 1. The van der Waals surface area contributed by atoms with Gasteiger partial charge in [0.15, 0.2) is 0 Å². The van der Waals surface area contributed by atoms with Crippen LogP contribution in [0.25, 0.3) is 0 Å². The lowest BCUT2D eigenvalue weighted by Gasteiger charge is -2.40. The minimum absolute atomic E-state index is 0.235. The van der Waals surface area contributed by atoms with Gasteiger partial charge in [-0.2, -0.15) is 0 Å². The number of piperazine rings is 1. The normalized spacial score (nSPS) is 23.3. The van der Waals surface area contributed by atoms with E-state index in [-0.39, 0.29) is 12.0 Å². The summed E-state index contributed by atoms with van der Waals surface area (Å²) >= 11 is 0. The Bertz CT molecular complexity index is 575. The van der Waals surface area contributed by atoms with E-state index in [2.05, 4.69) is 28.9 Å². The maximum Gasteiger partial charge on any atom is 0.228 e. The van der Waals surface area contributed by atoms with Crippen LogP contribution in [0.5, 0.6) is 0 Å². The summed E-state index contributed by atoms with van der Waals surface area (Å²) < 4.78 is 0. The first-order chi connectivity index (χ1) is 11.5. The zero-order chi connectivity index (χ0) is 17.1. The molecule has 1 fully saturated rings. The van der Waals surface area contributed by atoms with Crippen LogP contribution in [0.4, 0.5) is 5.69 Å². The van der Waals surface area contributed by atoms with Crippen molar-refractivity contribution in [2.75, 3.05) is 44.2 Å². The Hall–Kier alpha value is -1.43. The number of hydrogen-bond donors (Lipinski definition) is 1. The first-order valence-corrected chi connectivity index (χ1v) is 9.07. The fourth-order valence-electron chi connectivity index (χ4n) is 3.87. The Morgan fingerprint density at radius 1 is 1.29 bits per heavy atom. The number of rotatable bonds is 5. The Morgan fingerprint density at radius 3 is 2.83 bits per heavy atom. The second-order valence-corrected chi connectivity index (χ2v) is 7.17. The highest BCUT2D eigenvalue weighted by Crippen LogP contribution is 2.27. The van der Waals surface area contributed by atoms with E-state index in [9.17, 15) is 9.90 Å². The van der Waals surface area contributed by atoms with Crippen molar-refractivity contribution in [2.45, 2.75) is 38.8 Å². The Balaban J connectivity index is 1.48. The molecule has 0 aliphatic carbocycles. The molecule has 1 amide bonds. The topological polar surface area (TPSA) is 47.0 Å². The van der Waals surface area contributed by atoms with E-state index in [0.29, 0.717) is 12.5 Å². The quantitative estimate of drug-likeness (QED) is 0.885. The van der Waals surface area contributed by atoms with Crippen LogP contribution in [0.15, 0.2) is 24.3 Å². The van der Waals surface area contributed by atoms with E-state index in [1.807, 2.05) is 24.0 Å². The van der Waals surface area contributed by atoms with Gasteiger partial charge in [-0.3, -0.25) is 9.69 Å². The molecule has 1 saturated heterocycles. The molecule has 0 saturated carbocycles. The summed E-state index contributed by atoms with van der Waals surface area (Å²) in [6, 6.07) is 8.65. The summed E-state index contributed by atoms with van der Waals surface area (Å²) in [5.74, 6) is 0.235. The van der Waals surface area contributed by atoms with Gasteiger partial charge in [0, 0.05) is 57.4 Å². The molecule has 0 unspecified atom stereocenters. The third-order valence-corrected chi connectivity index (χ3v) is 5.18. The highest BCUT2D eigenvalue weighted by molar-refractivity contribution is 5.95. The third kappa shape index (κ3) is 3.97. The van der Waals surface area contributed by atoms with Gasteiger partial charge in [-0.05, 0) is 31.9 Å². The summed E-state index contributed by atoms with van der Waals surface area (Å²) in [5, 5.41) is 9.56. The van der Waals surface area contributed by atoms with Gasteiger partial charge in [0.25, 0.3) is 0 Å². The molecule has 5 heteroatoms. The molecule has 2 aliphatic rings. The molecule has 2 aliphatic heterocycles. The Morgan fingerprint density at radius 2 is 2.08 bits per heavy atom. The largest absolute Gasteiger partial charge is 0.392 e. The van der Waals surface area contributed by atoms with Gasteiger partial charge >= 0.3 is 0 Å². The molecule has 1 aromatic rings. The molecule has 2 atom stereocenters. The van der Waals surface area contributed by atoms with E-state index in [4.69, 9.17) is 0 Å². The standard InChI is InChI=1S/C19H29N3O2/c1-15-13-20(11-12-21(15)14-16(2)23)9-8-19(24)22-10-7-17-5-3-4-6-18(17)22/h3-6,15-16,23H,7-14H2,1-2H3/t15-,16+/m1/s1. The zero-order valence-electron chi connectivity index (χ0n) is 14.8. The SMILES string of the molecule is C[C@H](O)CN1CCN(CCC(=O)N2CCc3ccccc32)C[C@H]1C. The zero-order valence-corrected chi connectivity index (χ0v) is 14.8. The molecule has 2 heterocycles. The third-order valence-electron chi connectivity index (χ3n) is 5.18. The predicted molar refractivity (Wildman–Crippen MR) is 96.3 cm³/mol. The van der Waals surface area contributed by atoms with E-state index in [0.717, 1.165) is 51.4 Å². The van der Waals surface area contributed by atoms with Crippen LogP contribution in [0.1, 0.15) is 25.8 Å². The van der Waals surface area contributed by atoms with Gasteiger partial charge in [-0.15, -0.1) is 0 Å². The Labute approximate surface area is 144 Å². The number of fused-ring (bicyclic) bond motifs is 1. The van der Waals surface area contributed by atoms with Crippen molar-refractivity contribution in [3.05, 3.63) is 29.8 Å². The van der Waals surface area contributed by atoms with Crippen LogP contribution < -0.4 is 4.90 Å². The maximum absolute atomic E-state index is 12.6. The number of β-amino-alcohol motifs (C(OH)–C–C–N with tert-alkyl or cyclic N) is 1. The van der Waals surface area contributed by atoms with E-state index >= 15 is 0 Å². The average molecular weight is 331 g/mol. The average Bonchev–Trinajstić information content (AvgIpc) is 2.98. The lowest BCUT2D eigenvalue weighted by molar-refractivity contribution is -0.119. The van der Waals surface area contributed by atoms with E-state index in [1.165, 1.54) is 5.56 Å². The lowest BCUT2D eigenvalue weighted by Crippen LogP contribution is -2.53. The Kier molecular flexibility index (Phi) is 5.54. The summed E-state index contributed by atoms with van der Waals surface area (Å²) in [6.07, 6.45) is 1.27. The van der Waals surface area contributed by atoms with Gasteiger partial charge in [0.05, 0.1) is 6.10 Å². The van der Waals surface area contributed by atoms with Crippen LogP contribution in [0, 0.1) is 0 Å². The minimum Gasteiger partial charge on any atom is -0.392 e. The number of para-hydroxylation sites is 1. The van der Waals surface area contributed by atoms with Gasteiger partial charge in [0.2, 0.25) is 5.91 Å². The fraction of sp³-hybridized carbons (Fsp3) is 0.632. The van der Waals surface area contributed by atoms with Crippen molar-refractivity contribution in [3.8, 4) is 0 Å². The van der Waals surface area contributed by atoms with Crippen LogP contribution in [0.2, 0.25) is 0 Å². The summed E-state index contributed by atoms with van der Waals surface area (Å²) in [4.78, 5) is 19.3.